The second-order valence-corrected chi connectivity index (χ2v) is 5.92. The van der Waals surface area contributed by atoms with Crippen LogP contribution in [0, 0.1) is 5.82 Å². The van der Waals surface area contributed by atoms with E-state index in [4.69, 9.17) is 5.11 Å². The van der Waals surface area contributed by atoms with Gasteiger partial charge in [0.15, 0.2) is 5.52 Å². The van der Waals surface area contributed by atoms with Gasteiger partial charge in [0.2, 0.25) is 5.95 Å². The smallest absolute Gasteiger partial charge is 0.338 e. The van der Waals surface area contributed by atoms with Crippen molar-refractivity contribution in [3.8, 4) is 5.95 Å². The van der Waals surface area contributed by atoms with Gasteiger partial charge in [-0.3, -0.25) is 14.5 Å². The molecule has 0 saturated heterocycles. The first-order chi connectivity index (χ1) is 12.9. The van der Waals surface area contributed by atoms with E-state index in [1.165, 1.54) is 33.9 Å². The number of fused-ring (bicyclic) bond motifs is 1. The second kappa shape index (κ2) is 7.27. The first-order valence-electron chi connectivity index (χ1n) is 7.95. The lowest BCUT2D eigenvalue weighted by molar-refractivity contribution is 0.0697. The van der Waals surface area contributed by atoms with Crippen LogP contribution in [0.1, 0.15) is 28.9 Å². The Bertz CT molecular complexity index is 1210. The van der Waals surface area contributed by atoms with E-state index in [0.29, 0.717) is 5.52 Å². The molecule has 11 heteroatoms. The molecule has 0 amide bonds. The third kappa shape index (κ3) is 3.27. The number of carboxylic acid groups (broad SMARTS) is 1. The van der Waals surface area contributed by atoms with Gasteiger partial charge in [-0.05, 0) is 24.6 Å². The highest BCUT2D eigenvalue weighted by atomic mass is 32.1. The topological polar surface area (TPSA) is 119 Å². The van der Waals surface area contributed by atoms with E-state index in [-0.39, 0.29) is 42.4 Å². The molecule has 0 radical (unpaired) electrons. The number of hydrogen-bond acceptors (Lipinski definition) is 5. The number of aromatic nitrogens is 6. The Hall–Kier alpha value is -3.47. The lowest BCUT2D eigenvalue weighted by atomic mass is 10.1. The Kier molecular flexibility index (Phi) is 5.01. The summed E-state index contributed by atoms with van der Waals surface area (Å²) < 4.78 is 15.8. The van der Waals surface area contributed by atoms with Gasteiger partial charge in [-0.15, -0.1) is 0 Å². The van der Waals surface area contributed by atoms with E-state index in [2.05, 4.69) is 20.2 Å². The van der Waals surface area contributed by atoms with Crippen molar-refractivity contribution in [3.05, 3.63) is 70.2 Å². The summed E-state index contributed by atoms with van der Waals surface area (Å²) >= 11 is 0. The van der Waals surface area contributed by atoms with Gasteiger partial charge in [0.25, 0.3) is 5.56 Å². The fraction of sp³-hybridized carbons (Fsp3) is 0.118. The summed E-state index contributed by atoms with van der Waals surface area (Å²) in [5.74, 6) is -1.40. The molecule has 0 unspecified atom stereocenters. The summed E-state index contributed by atoms with van der Waals surface area (Å²) in [6.45, 7) is 1.83. The standard InChI is InChI=1S/C17H13FN6O3.H2S/c1-9(10-2-4-12(18)5-3-10)24-14-13(7-20-24)21-17(22-15(14)25)23-8-11(6-19-23)16(26)27;/h2-9H,1H3,(H,26,27)(H,21,22,25);1H2/t9-;/m0./s1. The summed E-state index contributed by atoms with van der Waals surface area (Å²) in [6.07, 6.45) is 3.85. The van der Waals surface area contributed by atoms with E-state index in [1.807, 2.05) is 6.92 Å². The number of carbonyl (C=O) groups is 1. The second-order valence-electron chi connectivity index (χ2n) is 5.92. The highest BCUT2D eigenvalue weighted by Crippen LogP contribution is 2.21. The highest BCUT2D eigenvalue weighted by Gasteiger charge is 2.17. The van der Waals surface area contributed by atoms with Gasteiger partial charge < -0.3 is 5.11 Å². The zero-order valence-corrected chi connectivity index (χ0v) is 15.5. The molecule has 144 valence electrons. The molecule has 0 bridgehead atoms. The number of H-pyrrole nitrogens is 1. The molecule has 1 atom stereocenters. The maximum atomic E-state index is 13.1. The molecule has 1 aromatic carbocycles. The zero-order valence-electron chi connectivity index (χ0n) is 14.5. The number of rotatable bonds is 4. The first-order valence-corrected chi connectivity index (χ1v) is 7.95. The number of nitrogens with zero attached hydrogens (tertiary/aromatic N) is 5. The Morgan fingerprint density at radius 3 is 2.57 bits per heavy atom. The third-order valence-corrected chi connectivity index (χ3v) is 4.21. The van der Waals surface area contributed by atoms with Crippen molar-refractivity contribution in [1.82, 2.24) is 29.5 Å². The number of carboxylic acids is 1. The summed E-state index contributed by atoms with van der Waals surface area (Å²) in [6, 6.07) is 5.62. The molecule has 0 aliphatic rings. The van der Waals surface area contributed by atoms with Gasteiger partial charge in [0, 0.05) is 6.20 Å². The molecule has 0 saturated carbocycles. The number of nitrogens with one attached hydrogen (secondary N) is 1. The van der Waals surface area contributed by atoms with Crippen LogP contribution in [0.25, 0.3) is 17.0 Å². The van der Waals surface area contributed by atoms with Gasteiger partial charge in [0.05, 0.1) is 24.0 Å². The zero-order chi connectivity index (χ0) is 19.1. The average molecular weight is 402 g/mol. The molecule has 4 aromatic rings. The predicted octanol–water partition coefficient (Wildman–Crippen LogP) is 1.86. The molecule has 2 N–H and O–H groups in total. The molecule has 3 heterocycles. The van der Waals surface area contributed by atoms with E-state index in [1.54, 1.807) is 12.1 Å². The largest absolute Gasteiger partial charge is 0.478 e. The van der Waals surface area contributed by atoms with E-state index >= 15 is 0 Å². The normalized spacial score (nSPS) is 11.9. The predicted molar refractivity (Wildman–Crippen MR) is 103 cm³/mol. The lowest BCUT2D eigenvalue weighted by Gasteiger charge is -2.13. The maximum absolute atomic E-state index is 13.1. The lowest BCUT2D eigenvalue weighted by Crippen LogP contribution is -2.18. The van der Waals surface area contributed by atoms with Crippen LogP contribution in [0.15, 0.2) is 47.7 Å². The van der Waals surface area contributed by atoms with Gasteiger partial charge >= 0.3 is 5.97 Å². The summed E-state index contributed by atoms with van der Waals surface area (Å²) in [5.41, 5.74) is 0.881. The molecule has 0 aliphatic carbocycles. The summed E-state index contributed by atoms with van der Waals surface area (Å²) in [4.78, 5) is 30.5. The van der Waals surface area contributed by atoms with Crippen LogP contribution < -0.4 is 5.56 Å². The summed E-state index contributed by atoms with van der Waals surface area (Å²) in [7, 11) is 0. The molecule has 28 heavy (non-hydrogen) atoms. The number of benzene rings is 1. The fourth-order valence-corrected chi connectivity index (χ4v) is 2.79. The Morgan fingerprint density at radius 1 is 1.21 bits per heavy atom. The van der Waals surface area contributed by atoms with Crippen molar-refractivity contribution < 1.29 is 14.3 Å². The van der Waals surface area contributed by atoms with E-state index in [0.717, 1.165) is 11.8 Å². The van der Waals surface area contributed by atoms with E-state index < -0.39 is 11.5 Å². The van der Waals surface area contributed by atoms with Crippen molar-refractivity contribution >= 4 is 30.5 Å². The quantitative estimate of drug-likeness (QED) is 0.538. The molecule has 0 spiro atoms. The average Bonchev–Trinajstić information content (AvgIpc) is 3.29. The van der Waals surface area contributed by atoms with Crippen molar-refractivity contribution in [2.24, 2.45) is 0 Å². The van der Waals surface area contributed by atoms with Crippen LogP contribution >= 0.6 is 13.5 Å². The molecule has 4 rings (SSSR count). The third-order valence-electron chi connectivity index (χ3n) is 4.21. The minimum atomic E-state index is -1.13. The Labute approximate surface area is 163 Å². The van der Waals surface area contributed by atoms with Crippen molar-refractivity contribution in [1.29, 1.82) is 0 Å². The minimum absolute atomic E-state index is 0. The fourth-order valence-electron chi connectivity index (χ4n) is 2.79. The molecular weight excluding hydrogens is 387 g/mol. The van der Waals surface area contributed by atoms with Gasteiger partial charge in [-0.2, -0.15) is 23.7 Å². The molecular formula is C17H15FN6O3S. The number of aromatic amines is 1. The van der Waals surface area contributed by atoms with Gasteiger partial charge in [-0.1, -0.05) is 12.1 Å². The van der Waals surface area contributed by atoms with Crippen LogP contribution in [0.4, 0.5) is 4.39 Å². The monoisotopic (exact) mass is 402 g/mol. The molecule has 9 nitrogen and oxygen atoms in total. The van der Waals surface area contributed by atoms with E-state index in [9.17, 15) is 14.0 Å². The summed E-state index contributed by atoms with van der Waals surface area (Å²) in [5, 5.41) is 17.1. The molecule has 0 fully saturated rings. The molecule has 0 aliphatic heterocycles. The van der Waals surface area contributed by atoms with Crippen molar-refractivity contribution in [2.75, 3.05) is 0 Å². The highest BCUT2D eigenvalue weighted by molar-refractivity contribution is 7.59. The molecule has 3 aromatic heterocycles. The van der Waals surface area contributed by atoms with Crippen LogP contribution in [-0.2, 0) is 0 Å². The van der Waals surface area contributed by atoms with Gasteiger partial charge in [-0.25, -0.2) is 18.9 Å². The van der Waals surface area contributed by atoms with Crippen LogP contribution in [0.5, 0.6) is 0 Å². The maximum Gasteiger partial charge on any atom is 0.338 e. The first kappa shape index (κ1) is 19.3. The SMILES string of the molecule is C[C@@H](c1ccc(F)cc1)n1ncc2nc(-n3cc(C(=O)O)cn3)[nH]c(=O)c21.S. The van der Waals surface area contributed by atoms with Crippen molar-refractivity contribution in [3.63, 3.8) is 0 Å². The Morgan fingerprint density at radius 2 is 1.93 bits per heavy atom. The minimum Gasteiger partial charge on any atom is -0.478 e. The van der Waals surface area contributed by atoms with Crippen LogP contribution in [0.3, 0.4) is 0 Å². The number of hydrogen-bond donors (Lipinski definition) is 2. The van der Waals surface area contributed by atoms with Crippen molar-refractivity contribution in [2.45, 2.75) is 13.0 Å². The number of aromatic carboxylic acids is 1. The van der Waals surface area contributed by atoms with Crippen LogP contribution in [-0.4, -0.2) is 40.6 Å². The Balaban J connectivity index is 0.00000225. The van der Waals surface area contributed by atoms with Gasteiger partial charge in [0.1, 0.15) is 11.3 Å². The van der Waals surface area contributed by atoms with Crippen LogP contribution in [0.2, 0.25) is 0 Å². The number of halogens is 1.